The minimum Gasteiger partial charge on any atom is -0.497 e. The van der Waals surface area contributed by atoms with Crippen molar-refractivity contribution < 1.29 is 21.6 Å². The smallest absolute Gasteiger partial charge is 0.279 e. The lowest BCUT2D eigenvalue weighted by Crippen LogP contribution is -2.50. The molecule has 0 bridgehead atoms. The monoisotopic (exact) mass is 431 g/mol. The number of ether oxygens (including phenoxy) is 1. The summed E-state index contributed by atoms with van der Waals surface area (Å²) in [5.41, 5.74) is 0. The van der Waals surface area contributed by atoms with E-state index in [1.54, 1.807) is 12.1 Å². The number of hydrogen-bond acceptors (Lipinski definition) is 5. The Hall–Kier alpha value is -1.20. The third kappa shape index (κ3) is 5.04. The average molecular weight is 432 g/mol. The Morgan fingerprint density at radius 2 is 1.43 bits per heavy atom. The number of piperidine rings is 1. The minimum absolute atomic E-state index is 0.219. The van der Waals surface area contributed by atoms with Crippen LogP contribution in [0.3, 0.4) is 0 Å². The second kappa shape index (κ2) is 9.08. The molecule has 0 saturated carbocycles. The molecular weight excluding hydrogens is 402 g/mol. The summed E-state index contributed by atoms with van der Waals surface area (Å²) < 4.78 is 61.7. The number of hydrogen-bond donors (Lipinski definition) is 1. The van der Waals surface area contributed by atoms with E-state index in [-0.39, 0.29) is 10.9 Å². The third-order valence-corrected chi connectivity index (χ3v) is 8.96. The van der Waals surface area contributed by atoms with Crippen LogP contribution in [0, 0.1) is 0 Å². The first-order chi connectivity index (χ1) is 13.3. The Morgan fingerprint density at radius 3 is 1.96 bits per heavy atom. The molecule has 2 aliphatic rings. The molecule has 2 aliphatic heterocycles. The van der Waals surface area contributed by atoms with Gasteiger partial charge in [-0.1, -0.05) is 12.8 Å². The van der Waals surface area contributed by atoms with E-state index in [1.807, 2.05) is 0 Å². The summed E-state index contributed by atoms with van der Waals surface area (Å²) in [6.07, 6.45) is 4.82. The van der Waals surface area contributed by atoms with Gasteiger partial charge in [0.05, 0.1) is 12.0 Å². The Labute approximate surface area is 168 Å². The fourth-order valence-corrected chi connectivity index (χ4v) is 6.69. The van der Waals surface area contributed by atoms with Gasteiger partial charge in [-0.25, -0.2) is 8.42 Å². The van der Waals surface area contributed by atoms with Crippen LogP contribution in [0.1, 0.15) is 38.5 Å². The molecule has 8 nitrogen and oxygen atoms in total. The molecule has 0 atom stereocenters. The molecule has 2 saturated heterocycles. The van der Waals surface area contributed by atoms with Crippen LogP contribution in [0.15, 0.2) is 29.2 Å². The summed E-state index contributed by atoms with van der Waals surface area (Å²) in [6, 6.07) is 6.06. The summed E-state index contributed by atoms with van der Waals surface area (Å²) in [4.78, 5) is 0.219. The van der Waals surface area contributed by atoms with Crippen molar-refractivity contribution in [3.8, 4) is 5.75 Å². The second-order valence-corrected chi connectivity index (χ2v) is 10.9. The van der Waals surface area contributed by atoms with E-state index in [1.165, 1.54) is 27.9 Å². The van der Waals surface area contributed by atoms with Crippen molar-refractivity contribution in [1.29, 1.82) is 0 Å². The van der Waals surface area contributed by atoms with Gasteiger partial charge in [-0.15, -0.1) is 0 Å². The maximum absolute atomic E-state index is 12.8. The van der Waals surface area contributed by atoms with Crippen molar-refractivity contribution in [3.05, 3.63) is 24.3 Å². The lowest BCUT2D eigenvalue weighted by molar-refractivity contribution is 0.303. The van der Waals surface area contributed by atoms with Crippen molar-refractivity contribution in [2.45, 2.75) is 49.5 Å². The molecule has 0 spiro atoms. The second-order valence-electron chi connectivity index (χ2n) is 7.29. The first kappa shape index (κ1) is 21.5. The van der Waals surface area contributed by atoms with Crippen LogP contribution in [-0.2, 0) is 20.2 Å². The van der Waals surface area contributed by atoms with E-state index < -0.39 is 20.2 Å². The largest absolute Gasteiger partial charge is 0.497 e. The van der Waals surface area contributed by atoms with Crippen molar-refractivity contribution in [2.75, 3.05) is 33.3 Å². The molecule has 28 heavy (non-hydrogen) atoms. The SMILES string of the molecule is COc1ccc(S(=O)(=O)N2CCC(NS(=O)(=O)N3CCCCCC3)CC2)cc1. The highest BCUT2D eigenvalue weighted by atomic mass is 32.2. The molecule has 2 fully saturated rings. The zero-order valence-electron chi connectivity index (χ0n) is 16.2. The summed E-state index contributed by atoms with van der Waals surface area (Å²) >= 11 is 0. The molecular formula is C18H29N3O5S2. The molecule has 3 rings (SSSR count). The van der Waals surface area contributed by atoms with E-state index >= 15 is 0 Å². The number of benzene rings is 1. The average Bonchev–Trinajstić information content (AvgIpc) is 2.98. The van der Waals surface area contributed by atoms with Crippen LogP contribution in [0.2, 0.25) is 0 Å². The van der Waals surface area contributed by atoms with Gasteiger partial charge in [0.1, 0.15) is 5.75 Å². The summed E-state index contributed by atoms with van der Waals surface area (Å²) in [7, 11) is -5.58. The standard InChI is InChI=1S/C18H29N3O5S2/c1-26-17-6-8-18(9-7-17)27(22,23)20-14-10-16(11-15-20)19-28(24,25)21-12-4-2-3-5-13-21/h6-9,16,19H,2-5,10-15H2,1H3. The van der Waals surface area contributed by atoms with Crippen LogP contribution in [0.25, 0.3) is 0 Å². The van der Waals surface area contributed by atoms with Gasteiger partial charge in [0, 0.05) is 32.2 Å². The van der Waals surface area contributed by atoms with E-state index in [4.69, 9.17) is 4.74 Å². The Balaban J connectivity index is 1.58. The third-order valence-electron chi connectivity index (χ3n) is 5.37. The quantitative estimate of drug-likeness (QED) is 0.737. The lowest BCUT2D eigenvalue weighted by atomic mass is 10.1. The first-order valence-electron chi connectivity index (χ1n) is 9.74. The van der Waals surface area contributed by atoms with Crippen LogP contribution >= 0.6 is 0 Å². The fourth-order valence-electron chi connectivity index (χ4n) is 3.68. The van der Waals surface area contributed by atoms with Gasteiger partial charge in [0.2, 0.25) is 10.0 Å². The van der Waals surface area contributed by atoms with Gasteiger partial charge >= 0.3 is 0 Å². The maximum Gasteiger partial charge on any atom is 0.279 e. The molecule has 2 heterocycles. The van der Waals surface area contributed by atoms with E-state index in [0.717, 1.165) is 25.7 Å². The zero-order valence-corrected chi connectivity index (χ0v) is 17.8. The van der Waals surface area contributed by atoms with Crippen molar-refractivity contribution in [3.63, 3.8) is 0 Å². The van der Waals surface area contributed by atoms with Crippen molar-refractivity contribution in [1.82, 2.24) is 13.3 Å². The highest BCUT2D eigenvalue weighted by Crippen LogP contribution is 2.23. The van der Waals surface area contributed by atoms with Gasteiger partial charge in [-0.2, -0.15) is 21.8 Å². The number of rotatable bonds is 6. The highest BCUT2D eigenvalue weighted by molar-refractivity contribution is 7.89. The van der Waals surface area contributed by atoms with E-state index in [0.29, 0.717) is 44.8 Å². The van der Waals surface area contributed by atoms with Crippen LogP contribution in [-0.4, -0.2) is 64.8 Å². The van der Waals surface area contributed by atoms with Gasteiger partial charge in [-0.05, 0) is 49.9 Å². The molecule has 10 heteroatoms. The maximum atomic E-state index is 12.8. The Bertz CT molecular complexity index is 840. The van der Waals surface area contributed by atoms with E-state index in [2.05, 4.69) is 4.72 Å². The summed E-state index contributed by atoms with van der Waals surface area (Å²) in [5.74, 6) is 0.598. The van der Waals surface area contributed by atoms with Gasteiger partial charge in [0.15, 0.2) is 0 Å². The predicted octanol–water partition coefficient (Wildman–Crippen LogP) is 1.56. The summed E-state index contributed by atoms with van der Waals surface area (Å²) in [5, 5.41) is 0. The van der Waals surface area contributed by atoms with Crippen molar-refractivity contribution in [2.24, 2.45) is 0 Å². The van der Waals surface area contributed by atoms with Crippen LogP contribution in [0.4, 0.5) is 0 Å². The number of nitrogens with zero attached hydrogens (tertiary/aromatic N) is 2. The van der Waals surface area contributed by atoms with Gasteiger partial charge in [-0.3, -0.25) is 0 Å². The highest BCUT2D eigenvalue weighted by Gasteiger charge is 2.32. The number of methoxy groups -OCH3 is 1. The lowest BCUT2D eigenvalue weighted by Gasteiger charge is -2.32. The minimum atomic E-state index is -3.59. The molecule has 1 aromatic rings. The summed E-state index contributed by atoms with van der Waals surface area (Å²) in [6.45, 7) is 1.70. The van der Waals surface area contributed by atoms with Crippen LogP contribution < -0.4 is 9.46 Å². The van der Waals surface area contributed by atoms with E-state index in [9.17, 15) is 16.8 Å². The van der Waals surface area contributed by atoms with Gasteiger partial charge < -0.3 is 4.74 Å². The molecule has 0 aliphatic carbocycles. The number of nitrogens with one attached hydrogen (secondary N) is 1. The van der Waals surface area contributed by atoms with Crippen LogP contribution in [0.5, 0.6) is 5.75 Å². The molecule has 158 valence electrons. The topological polar surface area (TPSA) is 96.0 Å². The predicted molar refractivity (Wildman–Crippen MR) is 107 cm³/mol. The number of sulfonamides is 1. The molecule has 0 radical (unpaired) electrons. The Kier molecular flexibility index (Phi) is 6.98. The molecule has 0 amide bonds. The molecule has 1 aromatic carbocycles. The normalized spacial score (nSPS) is 21.3. The zero-order chi connectivity index (χ0) is 20.2. The molecule has 0 unspecified atom stereocenters. The fraction of sp³-hybridized carbons (Fsp3) is 0.667. The Morgan fingerprint density at radius 1 is 0.857 bits per heavy atom. The van der Waals surface area contributed by atoms with Gasteiger partial charge in [0.25, 0.3) is 10.2 Å². The van der Waals surface area contributed by atoms with Crippen molar-refractivity contribution >= 4 is 20.2 Å². The first-order valence-corrected chi connectivity index (χ1v) is 12.6. The molecule has 0 aromatic heterocycles. The molecule has 1 N–H and O–H groups in total.